The van der Waals surface area contributed by atoms with Crippen molar-refractivity contribution in [1.29, 1.82) is 0 Å². The second-order valence-electron chi connectivity index (χ2n) is 7.70. The molecule has 0 heterocycles. The van der Waals surface area contributed by atoms with Gasteiger partial charge in [-0.25, -0.2) is 0 Å². The number of alkyl halides is 1. The molecule has 0 radical (unpaired) electrons. The molecule has 200 valence electrons. The molecule has 1 aromatic carbocycles. The molecule has 1 rings (SSSR count). The van der Waals surface area contributed by atoms with Crippen molar-refractivity contribution < 1.29 is 39.3 Å². The molecule has 0 saturated carbocycles. The summed E-state index contributed by atoms with van der Waals surface area (Å²) in [6.45, 7) is 0.463. The minimum atomic E-state index is -1.24. The van der Waals surface area contributed by atoms with Crippen molar-refractivity contribution in [2.75, 3.05) is 41.9 Å². The van der Waals surface area contributed by atoms with Crippen molar-refractivity contribution in [3.63, 3.8) is 0 Å². The fraction of sp³-hybridized carbons (Fsp3) is 0.500. The van der Waals surface area contributed by atoms with E-state index in [4.69, 9.17) is 32.7 Å². The average molecular weight is 547 g/mol. The van der Waals surface area contributed by atoms with Crippen LogP contribution in [-0.2, 0) is 30.4 Å². The quantitative estimate of drug-likeness (QED) is 0.107. The first-order chi connectivity index (χ1) is 17.0. The number of rotatable bonds is 18. The molecule has 36 heavy (non-hydrogen) atoms. The van der Waals surface area contributed by atoms with Crippen molar-refractivity contribution in [2.45, 2.75) is 31.3 Å². The number of hydrogen-bond acceptors (Lipinski definition) is 8. The molecule has 2 atom stereocenters. The number of carboxylic acid groups (broad SMARTS) is 3. The van der Waals surface area contributed by atoms with Gasteiger partial charge in [0.05, 0.1) is 6.42 Å². The lowest BCUT2D eigenvalue weighted by Gasteiger charge is -2.24. The molecule has 0 unspecified atom stereocenters. The van der Waals surface area contributed by atoms with Gasteiger partial charge in [0.25, 0.3) is 0 Å². The Kier molecular flexibility index (Phi) is 14.3. The zero-order chi connectivity index (χ0) is 27.1. The average Bonchev–Trinajstić information content (AvgIpc) is 2.82. The van der Waals surface area contributed by atoms with Crippen LogP contribution in [0.2, 0.25) is 0 Å². The van der Waals surface area contributed by atoms with Crippen LogP contribution in [0.5, 0.6) is 0 Å². The maximum absolute atomic E-state index is 12.4. The van der Waals surface area contributed by atoms with E-state index in [0.717, 1.165) is 5.69 Å². The number of anilines is 1. The lowest BCUT2D eigenvalue weighted by molar-refractivity contribution is -0.139. The Morgan fingerprint density at radius 3 is 2.25 bits per heavy atom. The maximum Gasteiger partial charge on any atom is 0.322 e. The molecule has 0 saturated heterocycles. The fourth-order valence-corrected chi connectivity index (χ4v) is 4.18. The maximum atomic E-state index is 12.4. The molecule has 7 N–H and O–H groups in total. The van der Waals surface area contributed by atoms with Crippen LogP contribution in [-0.4, -0.2) is 94.1 Å². The zero-order valence-corrected chi connectivity index (χ0v) is 21.1. The van der Waals surface area contributed by atoms with E-state index in [9.17, 15) is 24.0 Å². The monoisotopic (exact) mass is 546 g/mol. The standard InChI is InChI=1S/C22H31ClN4O8S/c23-7-8-27(15-3-1-14(2-4-15)11-19(29)30)9-10-36-13-17(21(33)25-12-20(31)32)26-18(28)6-5-16(24)22(34)35/h1-4,16-17H,5-13,24H2,(H,25,33)(H,26,28)(H,29,30)(H,31,32)(H,34,35)/t16-,17-/m0/s1. The highest BCUT2D eigenvalue weighted by Gasteiger charge is 2.22. The number of hydrogen-bond donors (Lipinski definition) is 6. The molecule has 0 aliphatic carbocycles. The van der Waals surface area contributed by atoms with E-state index in [1.165, 1.54) is 11.8 Å². The number of amides is 2. The largest absolute Gasteiger partial charge is 0.481 e. The lowest BCUT2D eigenvalue weighted by atomic mass is 10.1. The van der Waals surface area contributed by atoms with E-state index in [-0.39, 0.29) is 25.0 Å². The van der Waals surface area contributed by atoms with Crippen molar-refractivity contribution in [1.82, 2.24) is 10.6 Å². The van der Waals surface area contributed by atoms with Crippen LogP contribution < -0.4 is 21.3 Å². The molecular formula is C22H31ClN4O8S. The van der Waals surface area contributed by atoms with Crippen LogP contribution in [0.4, 0.5) is 5.69 Å². The summed E-state index contributed by atoms with van der Waals surface area (Å²) in [5.41, 5.74) is 6.92. The Labute approximate surface area is 217 Å². The third kappa shape index (κ3) is 12.6. The summed E-state index contributed by atoms with van der Waals surface area (Å²) < 4.78 is 0. The highest BCUT2D eigenvalue weighted by Crippen LogP contribution is 2.17. The van der Waals surface area contributed by atoms with E-state index >= 15 is 0 Å². The number of nitrogens with two attached hydrogens (primary N) is 1. The number of thioether (sulfide) groups is 1. The van der Waals surface area contributed by atoms with Gasteiger partial charge in [-0.2, -0.15) is 11.8 Å². The molecule has 0 bridgehead atoms. The molecule has 0 aromatic heterocycles. The summed E-state index contributed by atoms with van der Waals surface area (Å²) in [6, 6.07) is 4.83. The van der Waals surface area contributed by atoms with E-state index in [1.807, 2.05) is 4.90 Å². The second kappa shape index (κ2) is 16.6. The highest BCUT2D eigenvalue weighted by molar-refractivity contribution is 7.99. The second-order valence-corrected chi connectivity index (χ2v) is 9.23. The zero-order valence-electron chi connectivity index (χ0n) is 19.5. The van der Waals surface area contributed by atoms with Gasteiger partial charge in [-0.15, -0.1) is 11.6 Å². The minimum absolute atomic E-state index is 0.0784. The number of aliphatic carboxylic acids is 3. The smallest absolute Gasteiger partial charge is 0.322 e. The topological polar surface area (TPSA) is 199 Å². The third-order valence-electron chi connectivity index (χ3n) is 4.87. The fourth-order valence-electron chi connectivity index (χ4n) is 2.99. The number of carbonyl (C=O) groups is 5. The van der Waals surface area contributed by atoms with Crippen LogP contribution >= 0.6 is 23.4 Å². The van der Waals surface area contributed by atoms with Crippen LogP contribution in [0.25, 0.3) is 0 Å². The Morgan fingerprint density at radius 1 is 1.03 bits per heavy atom. The van der Waals surface area contributed by atoms with Crippen molar-refractivity contribution in [3.05, 3.63) is 29.8 Å². The van der Waals surface area contributed by atoms with Crippen molar-refractivity contribution in [2.24, 2.45) is 5.73 Å². The Balaban J connectivity index is 2.69. The van der Waals surface area contributed by atoms with E-state index in [0.29, 0.717) is 30.3 Å². The Bertz CT molecular complexity index is 903. The first-order valence-electron chi connectivity index (χ1n) is 11.0. The number of halogens is 1. The molecule has 0 fully saturated rings. The number of nitrogens with one attached hydrogen (secondary N) is 2. The third-order valence-corrected chi connectivity index (χ3v) is 6.08. The van der Waals surface area contributed by atoms with Crippen molar-refractivity contribution >= 4 is 58.8 Å². The summed E-state index contributed by atoms with van der Waals surface area (Å²) in [7, 11) is 0. The predicted molar refractivity (Wildman–Crippen MR) is 135 cm³/mol. The van der Waals surface area contributed by atoms with Gasteiger partial charge in [-0.3, -0.25) is 24.0 Å². The summed E-state index contributed by atoms with van der Waals surface area (Å²) in [4.78, 5) is 59.0. The summed E-state index contributed by atoms with van der Waals surface area (Å²) in [6.07, 6.45) is -0.399. The summed E-state index contributed by atoms with van der Waals surface area (Å²) >= 11 is 7.27. The van der Waals surface area contributed by atoms with Gasteiger partial charge in [0, 0.05) is 42.6 Å². The van der Waals surface area contributed by atoms with Crippen LogP contribution in [0.1, 0.15) is 18.4 Å². The van der Waals surface area contributed by atoms with Crippen molar-refractivity contribution in [3.8, 4) is 0 Å². The number of carbonyl (C=O) groups excluding carboxylic acids is 2. The number of nitrogens with zero attached hydrogens (tertiary/aromatic N) is 1. The Hall–Kier alpha value is -3.03. The van der Waals surface area contributed by atoms with Crippen LogP contribution in [0.15, 0.2) is 24.3 Å². The number of benzene rings is 1. The first-order valence-corrected chi connectivity index (χ1v) is 12.7. The molecule has 2 amide bonds. The highest BCUT2D eigenvalue weighted by atomic mass is 35.5. The van der Waals surface area contributed by atoms with Crippen LogP contribution in [0.3, 0.4) is 0 Å². The van der Waals surface area contributed by atoms with Gasteiger partial charge >= 0.3 is 17.9 Å². The molecule has 12 nitrogen and oxygen atoms in total. The number of carboxylic acids is 3. The normalized spacial score (nSPS) is 12.3. The van der Waals surface area contributed by atoms with Gasteiger partial charge in [0.2, 0.25) is 11.8 Å². The predicted octanol–water partition coefficient (Wildman–Crippen LogP) is -0.0302. The van der Waals surface area contributed by atoms with Gasteiger partial charge in [0.15, 0.2) is 0 Å². The Morgan fingerprint density at radius 2 is 1.69 bits per heavy atom. The lowest BCUT2D eigenvalue weighted by Crippen LogP contribution is -2.49. The minimum Gasteiger partial charge on any atom is -0.481 e. The SMILES string of the molecule is N[C@@H](CCC(=O)N[C@@H](CSCCN(CCCl)c1ccc(CC(=O)O)cc1)C(=O)NCC(=O)O)C(=O)O. The first kappa shape index (κ1) is 31.0. The molecule has 0 aliphatic heterocycles. The van der Waals surface area contributed by atoms with Gasteiger partial charge in [-0.05, 0) is 24.1 Å². The van der Waals surface area contributed by atoms with Gasteiger partial charge < -0.3 is 36.6 Å². The molecule has 14 heteroatoms. The van der Waals surface area contributed by atoms with Crippen LogP contribution in [0, 0.1) is 0 Å². The molecule has 0 spiro atoms. The van der Waals surface area contributed by atoms with E-state index in [1.54, 1.807) is 24.3 Å². The molecule has 1 aromatic rings. The van der Waals surface area contributed by atoms with Gasteiger partial charge in [-0.1, -0.05) is 12.1 Å². The molecular weight excluding hydrogens is 516 g/mol. The molecule has 0 aliphatic rings. The van der Waals surface area contributed by atoms with E-state index < -0.39 is 48.4 Å². The van der Waals surface area contributed by atoms with E-state index in [2.05, 4.69) is 10.6 Å². The van der Waals surface area contributed by atoms with Gasteiger partial charge in [0.1, 0.15) is 18.6 Å². The summed E-state index contributed by atoms with van der Waals surface area (Å²) in [5.74, 6) is -3.61. The summed E-state index contributed by atoms with van der Waals surface area (Å²) in [5, 5.41) is 31.3.